The number of fused-ring (bicyclic) bond motifs is 1. The number of hydrogen-bond acceptors (Lipinski definition) is 7. The molecule has 1 aliphatic heterocycles. The van der Waals surface area contributed by atoms with Gasteiger partial charge in [0.25, 0.3) is 5.56 Å². The molecule has 1 atom stereocenters. The Morgan fingerprint density at radius 3 is 2.67 bits per heavy atom. The number of aliphatic carboxylic acids is 1. The summed E-state index contributed by atoms with van der Waals surface area (Å²) in [7, 11) is 0. The number of nitrogens with zero attached hydrogens (tertiary/aromatic N) is 5. The van der Waals surface area contributed by atoms with E-state index >= 15 is 0 Å². The van der Waals surface area contributed by atoms with E-state index in [-0.39, 0.29) is 11.6 Å². The van der Waals surface area contributed by atoms with Crippen molar-refractivity contribution in [1.82, 2.24) is 19.5 Å². The second-order valence-corrected chi connectivity index (χ2v) is 8.83. The third kappa shape index (κ3) is 4.03. The number of pyridine rings is 2. The molecular formula is C24H28N6O3. The summed E-state index contributed by atoms with van der Waals surface area (Å²) in [6.07, 6.45) is 9.84. The first kappa shape index (κ1) is 21.4. The van der Waals surface area contributed by atoms with Gasteiger partial charge in [0.1, 0.15) is 17.5 Å². The lowest BCUT2D eigenvalue weighted by atomic mass is 10.1. The molecule has 0 amide bonds. The molecule has 0 bridgehead atoms. The molecule has 2 N–H and O–H groups in total. The van der Waals surface area contributed by atoms with Gasteiger partial charge in [0.2, 0.25) is 5.95 Å². The average Bonchev–Trinajstić information content (AvgIpc) is 3.52. The van der Waals surface area contributed by atoms with Gasteiger partial charge in [-0.2, -0.15) is 4.98 Å². The van der Waals surface area contributed by atoms with Crippen LogP contribution in [0.4, 0.5) is 17.5 Å². The first-order chi connectivity index (χ1) is 16.0. The van der Waals surface area contributed by atoms with Gasteiger partial charge in [-0.05, 0) is 50.3 Å². The monoisotopic (exact) mass is 448 g/mol. The highest BCUT2D eigenvalue weighted by Crippen LogP contribution is 2.31. The van der Waals surface area contributed by atoms with Crippen LogP contribution in [-0.2, 0) is 11.2 Å². The topological polar surface area (TPSA) is 113 Å². The summed E-state index contributed by atoms with van der Waals surface area (Å²) < 4.78 is 1.87. The fourth-order valence-electron chi connectivity index (χ4n) is 5.07. The molecule has 2 aliphatic rings. The maximum absolute atomic E-state index is 13.1. The maximum atomic E-state index is 13.1. The number of carboxylic acids is 1. The fraction of sp³-hybridized carbons (Fsp3) is 0.458. The smallest absolute Gasteiger partial charge is 0.326 e. The van der Waals surface area contributed by atoms with Crippen molar-refractivity contribution in [3.8, 4) is 0 Å². The van der Waals surface area contributed by atoms with Crippen molar-refractivity contribution in [3.63, 3.8) is 0 Å². The molecule has 1 saturated carbocycles. The van der Waals surface area contributed by atoms with Gasteiger partial charge in [-0.3, -0.25) is 9.36 Å². The van der Waals surface area contributed by atoms with Crippen LogP contribution < -0.4 is 15.8 Å². The number of hydrogen-bond donors (Lipinski definition) is 2. The van der Waals surface area contributed by atoms with Gasteiger partial charge in [-0.1, -0.05) is 19.8 Å². The van der Waals surface area contributed by atoms with Gasteiger partial charge < -0.3 is 15.3 Å². The van der Waals surface area contributed by atoms with Crippen LogP contribution in [0, 0.1) is 0 Å². The highest BCUT2D eigenvalue weighted by Gasteiger charge is 2.30. The minimum Gasteiger partial charge on any atom is -0.480 e. The number of anilines is 3. The van der Waals surface area contributed by atoms with E-state index in [0.29, 0.717) is 36.8 Å². The van der Waals surface area contributed by atoms with E-state index in [2.05, 4.69) is 15.3 Å². The zero-order valence-corrected chi connectivity index (χ0v) is 18.7. The Labute approximate surface area is 191 Å². The summed E-state index contributed by atoms with van der Waals surface area (Å²) in [5.41, 5.74) is 2.27. The zero-order chi connectivity index (χ0) is 22.9. The van der Waals surface area contributed by atoms with E-state index in [4.69, 9.17) is 4.98 Å². The SMILES string of the molecule is CCc1cc2cnc(Nc3ccc(N4CCCC4C(=O)O)cn3)nc2n(C2CCCC2)c1=O. The first-order valence-corrected chi connectivity index (χ1v) is 11.7. The minimum absolute atomic E-state index is 0.0441. The Bertz CT molecular complexity index is 1230. The van der Waals surface area contributed by atoms with E-state index in [0.717, 1.165) is 48.7 Å². The number of aryl methyl sites for hydroxylation is 1. The van der Waals surface area contributed by atoms with E-state index in [1.54, 1.807) is 18.5 Å². The Morgan fingerprint density at radius 2 is 1.97 bits per heavy atom. The number of carboxylic acid groups (broad SMARTS) is 1. The van der Waals surface area contributed by atoms with Gasteiger partial charge in [-0.25, -0.2) is 14.8 Å². The summed E-state index contributed by atoms with van der Waals surface area (Å²) in [6.45, 7) is 2.70. The molecular weight excluding hydrogens is 420 g/mol. The van der Waals surface area contributed by atoms with Gasteiger partial charge in [0.15, 0.2) is 0 Å². The Hall–Kier alpha value is -3.49. The lowest BCUT2D eigenvalue weighted by Gasteiger charge is -2.23. The van der Waals surface area contributed by atoms with Crippen molar-refractivity contribution in [1.29, 1.82) is 0 Å². The predicted molar refractivity (Wildman–Crippen MR) is 126 cm³/mol. The Balaban J connectivity index is 1.44. The van der Waals surface area contributed by atoms with Crippen LogP contribution in [0.5, 0.6) is 0 Å². The zero-order valence-electron chi connectivity index (χ0n) is 18.7. The molecule has 0 radical (unpaired) electrons. The maximum Gasteiger partial charge on any atom is 0.326 e. The largest absolute Gasteiger partial charge is 0.480 e. The lowest BCUT2D eigenvalue weighted by molar-refractivity contribution is -0.138. The van der Waals surface area contributed by atoms with E-state index < -0.39 is 12.0 Å². The Kier molecular flexibility index (Phi) is 5.70. The first-order valence-electron chi connectivity index (χ1n) is 11.7. The Morgan fingerprint density at radius 1 is 1.15 bits per heavy atom. The minimum atomic E-state index is -0.807. The summed E-state index contributed by atoms with van der Waals surface area (Å²) >= 11 is 0. The van der Waals surface area contributed by atoms with Crippen LogP contribution in [0.15, 0.2) is 35.4 Å². The number of nitrogens with one attached hydrogen (secondary N) is 1. The number of rotatable bonds is 6. The van der Waals surface area contributed by atoms with Crippen LogP contribution in [0.3, 0.4) is 0 Å². The molecule has 9 heteroatoms. The predicted octanol–water partition coefficient (Wildman–Crippen LogP) is 3.66. The highest BCUT2D eigenvalue weighted by molar-refractivity contribution is 5.79. The van der Waals surface area contributed by atoms with Crippen LogP contribution in [-0.4, -0.2) is 43.2 Å². The number of aromatic nitrogens is 4. The van der Waals surface area contributed by atoms with Crippen LogP contribution >= 0.6 is 0 Å². The van der Waals surface area contributed by atoms with Crippen LogP contribution in [0.1, 0.15) is 57.1 Å². The molecule has 9 nitrogen and oxygen atoms in total. The van der Waals surface area contributed by atoms with Crippen molar-refractivity contribution in [2.24, 2.45) is 0 Å². The molecule has 1 unspecified atom stereocenters. The third-order valence-electron chi connectivity index (χ3n) is 6.78. The molecule has 5 rings (SSSR count). The second-order valence-electron chi connectivity index (χ2n) is 8.83. The van der Waals surface area contributed by atoms with Crippen LogP contribution in [0.25, 0.3) is 11.0 Å². The average molecular weight is 449 g/mol. The van der Waals surface area contributed by atoms with Crippen molar-refractivity contribution in [2.45, 2.75) is 64.0 Å². The van der Waals surface area contributed by atoms with Gasteiger partial charge in [-0.15, -0.1) is 0 Å². The van der Waals surface area contributed by atoms with Crippen molar-refractivity contribution >= 4 is 34.5 Å². The quantitative estimate of drug-likeness (QED) is 0.587. The van der Waals surface area contributed by atoms with E-state index in [1.165, 1.54) is 0 Å². The van der Waals surface area contributed by atoms with Crippen molar-refractivity contribution in [3.05, 3.63) is 46.5 Å². The molecule has 1 saturated heterocycles. The highest BCUT2D eigenvalue weighted by atomic mass is 16.4. The molecule has 4 heterocycles. The molecule has 0 aromatic carbocycles. The van der Waals surface area contributed by atoms with E-state index in [9.17, 15) is 14.7 Å². The number of carbonyl (C=O) groups is 1. The summed E-state index contributed by atoms with van der Waals surface area (Å²) in [5, 5.41) is 13.4. The van der Waals surface area contributed by atoms with Gasteiger partial charge >= 0.3 is 5.97 Å². The van der Waals surface area contributed by atoms with Crippen molar-refractivity contribution < 1.29 is 9.90 Å². The van der Waals surface area contributed by atoms with Crippen molar-refractivity contribution in [2.75, 3.05) is 16.8 Å². The van der Waals surface area contributed by atoms with E-state index in [1.807, 2.05) is 28.5 Å². The molecule has 172 valence electrons. The normalized spacial score (nSPS) is 18.8. The summed E-state index contributed by atoms with van der Waals surface area (Å²) in [4.78, 5) is 40.1. The molecule has 2 fully saturated rings. The van der Waals surface area contributed by atoms with Crippen LogP contribution in [0.2, 0.25) is 0 Å². The lowest BCUT2D eigenvalue weighted by Crippen LogP contribution is -2.35. The molecule has 3 aromatic heterocycles. The summed E-state index contributed by atoms with van der Waals surface area (Å²) in [6, 6.07) is 5.22. The molecule has 3 aromatic rings. The molecule has 0 spiro atoms. The standard InChI is InChI=1S/C24H28N6O3/c1-2-15-12-16-13-26-24(28-21(16)30(22(15)31)17-6-3-4-7-17)27-20-10-9-18(14-25-20)29-11-5-8-19(29)23(32)33/h9-10,12-14,17,19H,2-8,11H2,1H3,(H,32,33)(H,25,26,27,28). The second kappa shape index (κ2) is 8.80. The molecule has 1 aliphatic carbocycles. The fourth-order valence-corrected chi connectivity index (χ4v) is 5.07. The molecule has 33 heavy (non-hydrogen) atoms. The van der Waals surface area contributed by atoms with Gasteiger partial charge in [0.05, 0.1) is 11.9 Å². The van der Waals surface area contributed by atoms with Gasteiger partial charge in [0, 0.05) is 29.7 Å². The summed E-state index contributed by atoms with van der Waals surface area (Å²) in [5.74, 6) is 0.130. The third-order valence-corrected chi connectivity index (χ3v) is 6.78.